The Morgan fingerprint density at radius 3 is 2.10 bits per heavy atom. The number of amides is 2. The van der Waals surface area contributed by atoms with Crippen LogP contribution in [0, 0.1) is 0 Å². The number of carbonyl (C=O) groups excluding carboxylic acids is 1. The van der Waals surface area contributed by atoms with Gasteiger partial charge < -0.3 is 16.6 Å². The lowest BCUT2D eigenvalue weighted by atomic mass is 10.4. The van der Waals surface area contributed by atoms with Gasteiger partial charge in [0.15, 0.2) is 0 Å². The Balaban J connectivity index is 0. The minimum absolute atomic E-state index is 0.268. The standard InChI is InChI=1S/C5H10O.CH4N2O/c1-2-3-4-5-6;2-1(3)4/h2-3,6H,4-5H2,1H3;(H4,2,3,4). The number of nitrogens with two attached hydrogens (primary N) is 2. The summed E-state index contributed by atoms with van der Waals surface area (Å²) in [4.78, 5) is 9.00. The molecule has 0 bridgehead atoms. The van der Waals surface area contributed by atoms with Crippen molar-refractivity contribution < 1.29 is 9.90 Å². The van der Waals surface area contributed by atoms with E-state index < -0.39 is 6.03 Å². The van der Waals surface area contributed by atoms with Crippen LogP contribution < -0.4 is 11.5 Å². The average Bonchev–Trinajstić information content (AvgIpc) is 1.82. The van der Waals surface area contributed by atoms with Gasteiger partial charge in [-0.25, -0.2) is 4.79 Å². The minimum Gasteiger partial charge on any atom is -0.396 e. The highest BCUT2D eigenvalue weighted by Gasteiger charge is 1.65. The molecule has 0 aromatic carbocycles. The maximum atomic E-state index is 9.00. The molecule has 0 aliphatic heterocycles. The van der Waals surface area contributed by atoms with Crippen LogP contribution in [0.4, 0.5) is 4.79 Å². The van der Waals surface area contributed by atoms with E-state index in [0.29, 0.717) is 0 Å². The van der Waals surface area contributed by atoms with Crippen molar-refractivity contribution in [2.24, 2.45) is 11.5 Å². The molecule has 4 nitrogen and oxygen atoms in total. The number of urea groups is 1. The van der Waals surface area contributed by atoms with Gasteiger partial charge in [-0.15, -0.1) is 0 Å². The molecule has 0 radical (unpaired) electrons. The molecule has 5 N–H and O–H groups in total. The molecular formula is C6H14N2O2. The smallest absolute Gasteiger partial charge is 0.309 e. The summed E-state index contributed by atoms with van der Waals surface area (Å²) in [5.41, 5.74) is 8.50. The largest absolute Gasteiger partial charge is 0.396 e. The number of allylic oxidation sites excluding steroid dienone is 1. The molecule has 0 aliphatic carbocycles. The molecule has 0 saturated heterocycles. The average molecular weight is 146 g/mol. The molecule has 0 aromatic heterocycles. The number of hydrogen-bond acceptors (Lipinski definition) is 2. The van der Waals surface area contributed by atoms with E-state index in [-0.39, 0.29) is 6.61 Å². The molecule has 0 aromatic rings. The molecule has 0 saturated carbocycles. The molecule has 0 atom stereocenters. The predicted octanol–water partition coefficient (Wildman–Crippen LogP) is -0.0313. The van der Waals surface area contributed by atoms with Crippen LogP contribution in [0.5, 0.6) is 0 Å². The van der Waals surface area contributed by atoms with Gasteiger partial charge in [0, 0.05) is 6.61 Å². The number of primary amides is 2. The first-order valence-electron chi connectivity index (χ1n) is 2.92. The van der Waals surface area contributed by atoms with Gasteiger partial charge in [-0.3, -0.25) is 0 Å². The Bertz CT molecular complexity index is 97.9. The molecule has 4 heteroatoms. The molecular weight excluding hydrogens is 132 g/mol. The van der Waals surface area contributed by atoms with Crippen LogP contribution in [0.3, 0.4) is 0 Å². The lowest BCUT2D eigenvalue weighted by Gasteiger charge is -1.76. The van der Waals surface area contributed by atoms with Crippen molar-refractivity contribution in [1.82, 2.24) is 0 Å². The zero-order valence-electron chi connectivity index (χ0n) is 6.08. The molecule has 0 rings (SSSR count). The Morgan fingerprint density at radius 2 is 2.00 bits per heavy atom. The van der Waals surface area contributed by atoms with E-state index in [1.807, 2.05) is 19.1 Å². The molecule has 0 heterocycles. The summed E-state index contributed by atoms with van der Waals surface area (Å²) in [6, 6.07) is -0.833. The van der Waals surface area contributed by atoms with Crippen molar-refractivity contribution in [1.29, 1.82) is 0 Å². The zero-order chi connectivity index (χ0) is 8.41. The highest BCUT2D eigenvalue weighted by molar-refractivity contribution is 5.69. The quantitative estimate of drug-likeness (QED) is 0.477. The van der Waals surface area contributed by atoms with Crippen molar-refractivity contribution in [3.63, 3.8) is 0 Å². The van der Waals surface area contributed by atoms with Crippen molar-refractivity contribution in [3.8, 4) is 0 Å². The Morgan fingerprint density at radius 1 is 1.60 bits per heavy atom. The summed E-state index contributed by atoms with van der Waals surface area (Å²) in [6.45, 7) is 2.21. The van der Waals surface area contributed by atoms with Gasteiger partial charge in [0.2, 0.25) is 0 Å². The summed E-state index contributed by atoms with van der Waals surface area (Å²) in [6.07, 6.45) is 4.65. The van der Waals surface area contributed by atoms with E-state index in [2.05, 4.69) is 11.5 Å². The van der Waals surface area contributed by atoms with Crippen LogP contribution in [-0.2, 0) is 0 Å². The molecule has 60 valence electrons. The number of aliphatic hydroxyl groups is 1. The van der Waals surface area contributed by atoms with Gasteiger partial charge >= 0.3 is 6.03 Å². The minimum atomic E-state index is -0.833. The van der Waals surface area contributed by atoms with E-state index in [1.54, 1.807) is 0 Å². The number of rotatable bonds is 2. The fraction of sp³-hybridized carbons (Fsp3) is 0.500. The van der Waals surface area contributed by atoms with E-state index in [1.165, 1.54) is 0 Å². The van der Waals surface area contributed by atoms with Crippen LogP contribution in [0.15, 0.2) is 12.2 Å². The summed E-state index contributed by atoms with van der Waals surface area (Å²) in [5.74, 6) is 0. The third-order valence-electron chi connectivity index (χ3n) is 0.531. The summed E-state index contributed by atoms with van der Waals surface area (Å²) in [5, 5.41) is 8.15. The van der Waals surface area contributed by atoms with Gasteiger partial charge in [0.05, 0.1) is 0 Å². The summed E-state index contributed by atoms with van der Waals surface area (Å²) >= 11 is 0. The van der Waals surface area contributed by atoms with E-state index in [9.17, 15) is 0 Å². The lowest BCUT2D eigenvalue weighted by Crippen LogP contribution is -2.18. The number of aliphatic hydroxyl groups excluding tert-OH is 1. The fourth-order valence-electron chi connectivity index (χ4n) is 0.241. The van der Waals surface area contributed by atoms with Crippen LogP contribution >= 0.6 is 0 Å². The highest BCUT2D eigenvalue weighted by Crippen LogP contribution is 1.75. The Hall–Kier alpha value is -1.03. The summed E-state index contributed by atoms with van der Waals surface area (Å²) in [7, 11) is 0. The number of hydrogen-bond donors (Lipinski definition) is 3. The van der Waals surface area contributed by atoms with Crippen LogP contribution in [-0.4, -0.2) is 17.7 Å². The maximum absolute atomic E-state index is 9.00. The summed E-state index contributed by atoms with van der Waals surface area (Å²) < 4.78 is 0. The lowest BCUT2D eigenvalue weighted by molar-refractivity contribution is 0.256. The predicted molar refractivity (Wildman–Crippen MR) is 40.3 cm³/mol. The third-order valence-corrected chi connectivity index (χ3v) is 0.531. The SMILES string of the molecule is CC=CCCO.NC(N)=O. The van der Waals surface area contributed by atoms with Gasteiger partial charge in [-0.05, 0) is 13.3 Å². The molecule has 0 spiro atoms. The topological polar surface area (TPSA) is 89.3 Å². The van der Waals surface area contributed by atoms with Gasteiger partial charge in [0.1, 0.15) is 0 Å². The Labute approximate surface area is 60.5 Å². The first kappa shape index (κ1) is 11.7. The van der Waals surface area contributed by atoms with E-state index in [0.717, 1.165) is 6.42 Å². The van der Waals surface area contributed by atoms with Gasteiger partial charge in [0.25, 0.3) is 0 Å². The first-order valence-corrected chi connectivity index (χ1v) is 2.92. The van der Waals surface area contributed by atoms with Crippen molar-refractivity contribution in [3.05, 3.63) is 12.2 Å². The van der Waals surface area contributed by atoms with Gasteiger partial charge in [-0.2, -0.15) is 0 Å². The molecule has 0 fully saturated rings. The van der Waals surface area contributed by atoms with Gasteiger partial charge in [-0.1, -0.05) is 12.2 Å². The Kier molecular flexibility index (Phi) is 12.7. The van der Waals surface area contributed by atoms with Crippen molar-refractivity contribution >= 4 is 6.03 Å². The van der Waals surface area contributed by atoms with E-state index in [4.69, 9.17) is 9.90 Å². The van der Waals surface area contributed by atoms with Crippen molar-refractivity contribution in [2.75, 3.05) is 6.61 Å². The zero-order valence-corrected chi connectivity index (χ0v) is 6.08. The molecule has 0 unspecified atom stereocenters. The van der Waals surface area contributed by atoms with Crippen LogP contribution in [0.25, 0.3) is 0 Å². The normalized spacial score (nSPS) is 8.60. The second-order valence-electron chi connectivity index (χ2n) is 1.48. The fourth-order valence-corrected chi connectivity index (χ4v) is 0.241. The number of carbonyl (C=O) groups is 1. The second kappa shape index (κ2) is 10.9. The maximum Gasteiger partial charge on any atom is 0.309 e. The second-order valence-corrected chi connectivity index (χ2v) is 1.48. The highest BCUT2D eigenvalue weighted by atomic mass is 16.2. The van der Waals surface area contributed by atoms with Crippen LogP contribution in [0.1, 0.15) is 13.3 Å². The molecule has 2 amide bonds. The monoisotopic (exact) mass is 146 g/mol. The first-order chi connectivity index (χ1) is 4.65. The third kappa shape index (κ3) is 64.0. The van der Waals surface area contributed by atoms with E-state index >= 15 is 0 Å². The van der Waals surface area contributed by atoms with Crippen LogP contribution in [0.2, 0.25) is 0 Å². The van der Waals surface area contributed by atoms with Crippen molar-refractivity contribution in [2.45, 2.75) is 13.3 Å². The molecule has 10 heavy (non-hydrogen) atoms. The molecule has 0 aliphatic rings.